The van der Waals surface area contributed by atoms with Crippen molar-refractivity contribution in [3.8, 4) is 5.75 Å². The molecule has 0 unspecified atom stereocenters. The van der Waals surface area contributed by atoms with Gasteiger partial charge in [0, 0.05) is 0 Å². The molecule has 1 aliphatic rings. The highest BCUT2D eigenvalue weighted by atomic mass is 32.2. The summed E-state index contributed by atoms with van der Waals surface area (Å²) in [7, 11) is 0. The van der Waals surface area contributed by atoms with E-state index < -0.39 is 0 Å². The van der Waals surface area contributed by atoms with Crippen molar-refractivity contribution in [1.82, 2.24) is 0 Å². The van der Waals surface area contributed by atoms with Gasteiger partial charge in [-0.05, 0) is 53.5 Å². The van der Waals surface area contributed by atoms with Gasteiger partial charge < -0.3 is 4.74 Å². The molecule has 2 aromatic rings. The number of hydrogen-bond acceptors (Lipinski definition) is 4. The minimum Gasteiger partial charge on any atom is -0.489 e. The molecule has 0 bridgehead atoms. The molecular formula is C22H23NO2S2. The molecule has 5 heteroatoms. The molecule has 1 heterocycles. The normalized spacial score (nSPS) is 15.5. The van der Waals surface area contributed by atoms with Crippen LogP contribution >= 0.6 is 23.5 Å². The van der Waals surface area contributed by atoms with E-state index in [9.17, 15) is 4.79 Å². The van der Waals surface area contributed by atoms with Crippen molar-refractivity contribution in [1.29, 1.82) is 0 Å². The van der Waals surface area contributed by atoms with E-state index in [4.69, 9.17) is 4.74 Å². The van der Waals surface area contributed by atoms with Crippen LogP contribution in [0, 0.1) is 5.92 Å². The Balaban J connectivity index is 1.56. The van der Waals surface area contributed by atoms with Crippen LogP contribution in [0.1, 0.15) is 30.5 Å². The summed E-state index contributed by atoms with van der Waals surface area (Å²) in [6, 6.07) is 16.4. The van der Waals surface area contributed by atoms with E-state index in [0.29, 0.717) is 17.4 Å². The number of benzene rings is 2. The average Bonchev–Trinajstić information content (AvgIpc) is 3.01. The number of carbonyl (C=O) groups excluding carboxylic acids is 1. The predicted octanol–water partition coefficient (Wildman–Crippen LogP) is 5.80. The van der Waals surface area contributed by atoms with E-state index in [1.54, 1.807) is 0 Å². The second-order valence-electron chi connectivity index (χ2n) is 6.77. The molecule has 27 heavy (non-hydrogen) atoms. The first-order chi connectivity index (χ1) is 13.0. The SMILES string of the molecule is CSC1=NC(=O)C(=Cc2ccc(OCc3ccc(CC(C)C)cc3)cc2)S1. The van der Waals surface area contributed by atoms with Crippen LogP contribution in [0.15, 0.2) is 58.4 Å². The van der Waals surface area contributed by atoms with Crippen molar-refractivity contribution >= 4 is 39.9 Å². The summed E-state index contributed by atoms with van der Waals surface area (Å²) in [5.74, 6) is 1.32. The molecule has 140 valence electrons. The first kappa shape index (κ1) is 19.8. The molecule has 0 N–H and O–H groups in total. The fraction of sp³-hybridized carbons (Fsp3) is 0.273. The van der Waals surface area contributed by atoms with E-state index in [2.05, 4.69) is 43.1 Å². The van der Waals surface area contributed by atoms with Crippen molar-refractivity contribution in [3.05, 3.63) is 70.1 Å². The summed E-state index contributed by atoms with van der Waals surface area (Å²) in [5.41, 5.74) is 3.48. The van der Waals surface area contributed by atoms with Gasteiger partial charge in [0.2, 0.25) is 0 Å². The smallest absolute Gasteiger partial charge is 0.285 e. The van der Waals surface area contributed by atoms with Crippen LogP contribution in [0.4, 0.5) is 0 Å². The van der Waals surface area contributed by atoms with Crippen LogP contribution in [-0.4, -0.2) is 16.5 Å². The number of rotatable bonds is 6. The first-order valence-electron chi connectivity index (χ1n) is 8.90. The van der Waals surface area contributed by atoms with Gasteiger partial charge >= 0.3 is 0 Å². The fourth-order valence-corrected chi connectivity index (χ4v) is 4.12. The number of aliphatic imine (C=N–C) groups is 1. The molecule has 2 aromatic carbocycles. The number of nitrogens with zero attached hydrogens (tertiary/aromatic N) is 1. The Hall–Kier alpha value is -1.98. The Labute approximate surface area is 169 Å². The molecule has 1 aliphatic heterocycles. The second-order valence-corrected chi connectivity index (χ2v) is 8.85. The lowest BCUT2D eigenvalue weighted by Gasteiger charge is -2.09. The molecule has 1 amide bonds. The third-order valence-corrected chi connectivity index (χ3v) is 5.99. The molecule has 0 saturated heterocycles. The summed E-state index contributed by atoms with van der Waals surface area (Å²) in [4.78, 5) is 16.5. The maximum atomic E-state index is 11.8. The molecular weight excluding hydrogens is 374 g/mol. The molecule has 0 saturated carbocycles. The zero-order chi connectivity index (χ0) is 19.2. The quantitative estimate of drug-likeness (QED) is 0.578. The van der Waals surface area contributed by atoms with Gasteiger partial charge in [-0.1, -0.05) is 62.0 Å². The van der Waals surface area contributed by atoms with Gasteiger partial charge in [0.05, 0.1) is 4.91 Å². The Bertz CT molecular complexity index is 853. The maximum absolute atomic E-state index is 11.8. The second kappa shape index (κ2) is 9.29. The Morgan fingerprint density at radius 3 is 2.33 bits per heavy atom. The standard InChI is InChI=1S/C22H23NO2S2/c1-15(2)12-16-4-6-18(7-5-16)14-25-19-10-8-17(9-11-19)13-20-21(24)23-22(26-3)27-20/h4-11,13,15H,12,14H2,1-3H3. The molecule has 0 radical (unpaired) electrons. The van der Waals surface area contributed by atoms with Crippen LogP contribution in [-0.2, 0) is 17.8 Å². The zero-order valence-electron chi connectivity index (χ0n) is 15.8. The highest BCUT2D eigenvalue weighted by Gasteiger charge is 2.20. The van der Waals surface area contributed by atoms with Crippen molar-refractivity contribution in [2.24, 2.45) is 10.9 Å². The summed E-state index contributed by atoms with van der Waals surface area (Å²) >= 11 is 2.92. The average molecular weight is 398 g/mol. The number of carbonyl (C=O) groups is 1. The lowest BCUT2D eigenvalue weighted by atomic mass is 10.0. The van der Waals surface area contributed by atoms with Gasteiger partial charge in [-0.15, -0.1) is 11.8 Å². The molecule has 3 nitrogen and oxygen atoms in total. The minimum absolute atomic E-state index is 0.161. The van der Waals surface area contributed by atoms with Crippen LogP contribution in [0.2, 0.25) is 0 Å². The number of hydrogen-bond donors (Lipinski definition) is 0. The van der Waals surface area contributed by atoms with Crippen molar-refractivity contribution in [2.75, 3.05) is 6.26 Å². The van der Waals surface area contributed by atoms with Crippen LogP contribution < -0.4 is 4.74 Å². The van der Waals surface area contributed by atoms with Gasteiger partial charge in [0.1, 0.15) is 16.7 Å². The Morgan fingerprint density at radius 2 is 1.74 bits per heavy atom. The number of ether oxygens (including phenoxy) is 1. The van der Waals surface area contributed by atoms with Crippen molar-refractivity contribution in [2.45, 2.75) is 26.9 Å². The van der Waals surface area contributed by atoms with Crippen molar-refractivity contribution in [3.63, 3.8) is 0 Å². The zero-order valence-corrected chi connectivity index (χ0v) is 17.4. The summed E-state index contributed by atoms with van der Waals surface area (Å²) in [6.07, 6.45) is 4.89. The summed E-state index contributed by atoms with van der Waals surface area (Å²) < 4.78 is 6.67. The highest BCUT2D eigenvalue weighted by Crippen LogP contribution is 2.32. The topological polar surface area (TPSA) is 38.7 Å². The van der Waals surface area contributed by atoms with Gasteiger partial charge in [-0.3, -0.25) is 4.79 Å². The largest absolute Gasteiger partial charge is 0.489 e. The molecule has 0 aromatic heterocycles. The van der Waals surface area contributed by atoms with E-state index >= 15 is 0 Å². The molecule has 0 aliphatic carbocycles. The maximum Gasteiger partial charge on any atom is 0.285 e. The van der Waals surface area contributed by atoms with Crippen LogP contribution in [0.3, 0.4) is 0 Å². The minimum atomic E-state index is -0.161. The molecule has 0 spiro atoms. The third-order valence-electron chi connectivity index (χ3n) is 4.03. The molecule has 0 atom stereocenters. The highest BCUT2D eigenvalue weighted by molar-refractivity contribution is 8.40. The van der Waals surface area contributed by atoms with E-state index in [0.717, 1.165) is 27.7 Å². The van der Waals surface area contributed by atoms with Crippen molar-refractivity contribution < 1.29 is 9.53 Å². The monoisotopic (exact) mass is 397 g/mol. The number of amides is 1. The molecule has 3 rings (SSSR count). The fourth-order valence-electron chi connectivity index (χ4n) is 2.70. The lowest BCUT2D eigenvalue weighted by Crippen LogP contribution is -1.97. The lowest BCUT2D eigenvalue weighted by molar-refractivity contribution is -0.113. The van der Waals surface area contributed by atoms with E-state index in [1.807, 2.05) is 36.6 Å². The third kappa shape index (κ3) is 5.75. The van der Waals surface area contributed by atoms with E-state index in [-0.39, 0.29) is 5.91 Å². The van der Waals surface area contributed by atoms with Crippen LogP contribution in [0.5, 0.6) is 5.75 Å². The molecule has 0 fully saturated rings. The Morgan fingerprint density at radius 1 is 1.07 bits per heavy atom. The summed E-state index contributed by atoms with van der Waals surface area (Å²) in [6.45, 7) is 5.00. The number of thioether (sulfide) groups is 2. The predicted molar refractivity (Wildman–Crippen MR) is 117 cm³/mol. The van der Waals surface area contributed by atoms with E-state index in [1.165, 1.54) is 29.1 Å². The Kier molecular flexibility index (Phi) is 6.80. The van der Waals surface area contributed by atoms with Gasteiger partial charge in [-0.2, -0.15) is 4.99 Å². The first-order valence-corrected chi connectivity index (χ1v) is 10.9. The van der Waals surface area contributed by atoms with Gasteiger partial charge in [0.25, 0.3) is 5.91 Å². The summed E-state index contributed by atoms with van der Waals surface area (Å²) in [5, 5.41) is 0. The van der Waals surface area contributed by atoms with Crippen LogP contribution in [0.25, 0.3) is 6.08 Å². The van der Waals surface area contributed by atoms with Gasteiger partial charge in [-0.25, -0.2) is 0 Å². The van der Waals surface area contributed by atoms with Gasteiger partial charge in [0.15, 0.2) is 0 Å².